The monoisotopic (exact) mass is 502 g/mol. The zero-order valence-corrected chi connectivity index (χ0v) is 20.7. The molecule has 1 aromatic heterocycles. The second kappa shape index (κ2) is 9.28. The van der Waals surface area contributed by atoms with Crippen LogP contribution in [0.5, 0.6) is 0 Å². The van der Waals surface area contributed by atoms with Gasteiger partial charge in [-0.15, -0.1) is 11.3 Å². The molecule has 0 spiro atoms. The first-order valence-electron chi connectivity index (χ1n) is 11.6. The van der Waals surface area contributed by atoms with Gasteiger partial charge < -0.3 is 5.32 Å². The first-order valence-corrected chi connectivity index (χ1v) is 14.3. The van der Waals surface area contributed by atoms with Crippen LogP contribution in [-0.4, -0.2) is 20.4 Å². The number of carbonyl (C=O) groups excluding carboxylic acids is 1. The van der Waals surface area contributed by atoms with Gasteiger partial charge in [-0.25, -0.2) is 8.42 Å². The van der Waals surface area contributed by atoms with Crippen molar-refractivity contribution < 1.29 is 13.2 Å². The zero-order valence-electron chi connectivity index (χ0n) is 18.3. The molecule has 174 valence electrons. The Morgan fingerprint density at radius 3 is 2.48 bits per heavy atom. The molecule has 1 saturated carbocycles. The van der Waals surface area contributed by atoms with E-state index < -0.39 is 10.0 Å². The molecule has 0 aliphatic heterocycles. The average molecular weight is 503 g/mol. The number of benzene rings is 2. The van der Waals surface area contributed by atoms with Gasteiger partial charge in [0.2, 0.25) is 0 Å². The molecule has 1 fully saturated rings. The van der Waals surface area contributed by atoms with Crippen molar-refractivity contribution in [3.05, 3.63) is 57.4 Å². The van der Waals surface area contributed by atoms with E-state index in [9.17, 15) is 13.2 Å². The summed E-state index contributed by atoms with van der Waals surface area (Å²) in [4.78, 5) is 14.6. The molecule has 2 aliphatic carbocycles. The number of sulfonamides is 1. The number of carbonyl (C=O) groups is 1. The van der Waals surface area contributed by atoms with E-state index in [1.165, 1.54) is 17.8 Å². The third-order valence-corrected chi connectivity index (χ3v) is 9.71. The normalized spacial score (nSPS) is 17.0. The van der Waals surface area contributed by atoms with Crippen LogP contribution in [0.4, 0.5) is 5.00 Å². The lowest BCUT2D eigenvalue weighted by Gasteiger charge is -2.23. The van der Waals surface area contributed by atoms with Crippen molar-refractivity contribution in [2.75, 3.05) is 4.72 Å². The maximum atomic E-state index is 13.6. The number of fused-ring (bicyclic) bond motifs is 2. The van der Waals surface area contributed by atoms with Crippen molar-refractivity contribution >= 4 is 54.6 Å². The SMILES string of the molecule is O=C(NC1CCCCC1)c1c(NS(=O)(=O)c2cccc3cccc(Cl)c23)sc2c1CCCC2. The molecule has 5 nitrogen and oxygen atoms in total. The maximum Gasteiger partial charge on any atom is 0.263 e. The molecule has 5 rings (SSSR count). The minimum atomic E-state index is -3.96. The lowest BCUT2D eigenvalue weighted by molar-refractivity contribution is 0.0928. The van der Waals surface area contributed by atoms with Crippen molar-refractivity contribution in [1.29, 1.82) is 0 Å². The number of nitrogens with one attached hydrogen (secondary N) is 2. The number of anilines is 1. The topological polar surface area (TPSA) is 75.3 Å². The highest BCUT2D eigenvalue weighted by molar-refractivity contribution is 7.93. The van der Waals surface area contributed by atoms with Gasteiger partial charge in [0.05, 0.1) is 10.5 Å². The summed E-state index contributed by atoms with van der Waals surface area (Å²) in [5.74, 6) is -0.157. The van der Waals surface area contributed by atoms with Crippen LogP contribution < -0.4 is 10.0 Å². The number of rotatable bonds is 5. The molecule has 0 saturated heterocycles. The van der Waals surface area contributed by atoms with Crippen molar-refractivity contribution in [2.24, 2.45) is 0 Å². The summed E-state index contributed by atoms with van der Waals surface area (Å²) in [7, 11) is -3.96. The summed E-state index contributed by atoms with van der Waals surface area (Å²) in [6, 6.07) is 10.6. The Labute approximate surface area is 203 Å². The van der Waals surface area contributed by atoms with E-state index in [0.29, 0.717) is 21.0 Å². The Kier molecular flexibility index (Phi) is 6.38. The lowest BCUT2D eigenvalue weighted by atomic mass is 9.93. The Morgan fingerprint density at radius 1 is 0.970 bits per heavy atom. The fourth-order valence-corrected chi connectivity index (χ4v) is 8.23. The zero-order chi connectivity index (χ0) is 23.0. The van der Waals surface area contributed by atoms with Gasteiger partial charge in [-0.3, -0.25) is 9.52 Å². The quantitative estimate of drug-likeness (QED) is 0.430. The predicted octanol–water partition coefficient (Wildman–Crippen LogP) is 6.30. The highest BCUT2D eigenvalue weighted by Gasteiger charge is 2.30. The fraction of sp³-hybridized carbons (Fsp3) is 0.400. The Morgan fingerprint density at radius 2 is 1.70 bits per heavy atom. The molecule has 33 heavy (non-hydrogen) atoms. The Bertz CT molecular complexity index is 1310. The van der Waals surface area contributed by atoms with Crippen LogP contribution in [0.15, 0.2) is 41.3 Å². The molecule has 2 aromatic carbocycles. The van der Waals surface area contributed by atoms with Crippen LogP contribution in [0, 0.1) is 0 Å². The number of aryl methyl sites for hydroxylation is 1. The second-order valence-electron chi connectivity index (χ2n) is 8.92. The van der Waals surface area contributed by atoms with E-state index in [2.05, 4.69) is 10.0 Å². The molecule has 2 aliphatic rings. The van der Waals surface area contributed by atoms with E-state index >= 15 is 0 Å². The lowest BCUT2D eigenvalue weighted by Crippen LogP contribution is -2.37. The van der Waals surface area contributed by atoms with Gasteiger partial charge >= 0.3 is 0 Å². The van der Waals surface area contributed by atoms with Crippen molar-refractivity contribution in [1.82, 2.24) is 5.32 Å². The van der Waals surface area contributed by atoms with E-state index in [0.717, 1.165) is 67.2 Å². The minimum Gasteiger partial charge on any atom is -0.349 e. The van der Waals surface area contributed by atoms with Crippen LogP contribution in [0.3, 0.4) is 0 Å². The van der Waals surface area contributed by atoms with Crippen molar-refractivity contribution in [3.63, 3.8) is 0 Å². The van der Waals surface area contributed by atoms with Gasteiger partial charge in [0.15, 0.2) is 0 Å². The molecule has 0 unspecified atom stereocenters. The van der Waals surface area contributed by atoms with E-state index in [4.69, 9.17) is 11.6 Å². The molecule has 0 bridgehead atoms. The van der Waals surface area contributed by atoms with Gasteiger partial charge in [0, 0.05) is 21.3 Å². The first-order chi connectivity index (χ1) is 15.9. The Balaban J connectivity index is 1.53. The summed E-state index contributed by atoms with van der Waals surface area (Å²) in [5, 5.41) is 5.23. The molecule has 3 aromatic rings. The standard InChI is InChI=1S/C25H27ClN2O3S2/c26-19-13-6-8-16-9-7-15-21(22(16)19)33(30,31)28-25-23(18-12-4-5-14-20(18)32-25)24(29)27-17-10-2-1-3-11-17/h6-9,13,15,17,28H,1-5,10-12,14H2,(H,27,29). The van der Waals surface area contributed by atoms with Gasteiger partial charge in [0.25, 0.3) is 15.9 Å². The Hall–Kier alpha value is -2.09. The fourth-order valence-electron chi connectivity index (χ4n) is 5.05. The van der Waals surface area contributed by atoms with E-state index in [1.54, 1.807) is 24.3 Å². The molecular weight excluding hydrogens is 476 g/mol. The summed E-state index contributed by atoms with van der Waals surface area (Å²) >= 11 is 7.79. The molecular formula is C25H27ClN2O3S2. The number of amides is 1. The van der Waals surface area contributed by atoms with Gasteiger partial charge in [-0.2, -0.15) is 0 Å². The minimum absolute atomic E-state index is 0.121. The number of halogens is 1. The first kappa shape index (κ1) is 22.7. The summed E-state index contributed by atoms with van der Waals surface area (Å²) in [6.45, 7) is 0. The largest absolute Gasteiger partial charge is 0.349 e. The average Bonchev–Trinajstić information content (AvgIpc) is 3.17. The third kappa shape index (κ3) is 4.51. The summed E-state index contributed by atoms with van der Waals surface area (Å²) < 4.78 is 29.9. The smallest absolute Gasteiger partial charge is 0.263 e. The molecule has 2 N–H and O–H groups in total. The van der Waals surface area contributed by atoms with Crippen LogP contribution in [0.25, 0.3) is 10.8 Å². The number of thiophene rings is 1. The van der Waals surface area contributed by atoms with Crippen LogP contribution in [0.2, 0.25) is 5.02 Å². The van der Waals surface area contributed by atoms with Crippen molar-refractivity contribution in [2.45, 2.75) is 68.7 Å². The second-order valence-corrected chi connectivity index (χ2v) is 12.1. The molecule has 1 heterocycles. The number of hydrogen-bond acceptors (Lipinski definition) is 4. The van der Waals surface area contributed by atoms with Gasteiger partial charge in [-0.1, -0.05) is 55.1 Å². The van der Waals surface area contributed by atoms with Crippen LogP contribution in [0.1, 0.15) is 65.7 Å². The molecule has 1 amide bonds. The summed E-state index contributed by atoms with van der Waals surface area (Å²) in [5.41, 5.74) is 1.52. The van der Waals surface area contributed by atoms with Gasteiger partial charge in [-0.05, 0) is 61.6 Å². The van der Waals surface area contributed by atoms with E-state index in [1.807, 2.05) is 12.1 Å². The summed E-state index contributed by atoms with van der Waals surface area (Å²) in [6.07, 6.45) is 9.16. The molecule has 0 radical (unpaired) electrons. The molecule has 8 heteroatoms. The van der Waals surface area contributed by atoms with Crippen LogP contribution >= 0.6 is 22.9 Å². The van der Waals surface area contributed by atoms with Crippen molar-refractivity contribution in [3.8, 4) is 0 Å². The maximum absolute atomic E-state index is 13.6. The third-order valence-electron chi connectivity index (χ3n) is 6.67. The van der Waals surface area contributed by atoms with Gasteiger partial charge in [0.1, 0.15) is 5.00 Å². The van der Waals surface area contributed by atoms with E-state index in [-0.39, 0.29) is 16.8 Å². The highest BCUT2D eigenvalue weighted by atomic mass is 35.5. The predicted molar refractivity (Wildman–Crippen MR) is 135 cm³/mol. The highest BCUT2D eigenvalue weighted by Crippen LogP contribution is 2.40. The number of hydrogen-bond donors (Lipinski definition) is 2. The molecule has 0 atom stereocenters. The van der Waals surface area contributed by atoms with Crippen LogP contribution in [-0.2, 0) is 22.9 Å².